The van der Waals surface area contributed by atoms with Crippen LogP contribution in [0.4, 0.5) is 0 Å². The van der Waals surface area contributed by atoms with Crippen molar-refractivity contribution in [2.45, 2.75) is 13.8 Å². The zero-order valence-electron chi connectivity index (χ0n) is 11.8. The van der Waals surface area contributed by atoms with E-state index in [1.165, 1.54) is 0 Å². The van der Waals surface area contributed by atoms with Crippen LogP contribution in [-0.4, -0.2) is 54.1 Å². The predicted molar refractivity (Wildman–Crippen MR) is 83.0 cm³/mol. The minimum Gasteiger partial charge on any atom is -0.494 e. The van der Waals surface area contributed by atoms with Crippen molar-refractivity contribution in [3.05, 3.63) is 29.8 Å². The average molecular weight is 278 g/mol. The Morgan fingerprint density at radius 1 is 1.11 bits per heavy atom. The molecule has 1 saturated heterocycles. The molecule has 19 heavy (non-hydrogen) atoms. The third-order valence-electron chi connectivity index (χ3n) is 3.52. The van der Waals surface area contributed by atoms with Crippen LogP contribution in [0.2, 0.25) is 0 Å². The molecule has 1 aromatic rings. The van der Waals surface area contributed by atoms with Crippen molar-refractivity contribution < 1.29 is 4.74 Å². The summed E-state index contributed by atoms with van der Waals surface area (Å²) in [5.41, 5.74) is 1.11. The summed E-state index contributed by atoms with van der Waals surface area (Å²) in [6, 6.07) is 8.10. The van der Waals surface area contributed by atoms with Gasteiger partial charge in [0.2, 0.25) is 0 Å². The Morgan fingerprint density at radius 3 is 2.26 bits per heavy atom. The molecule has 104 valence electrons. The lowest BCUT2D eigenvalue weighted by Gasteiger charge is -2.35. The van der Waals surface area contributed by atoms with Crippen LogP contribution in [0, 0.1) is 0 Å². The highest BCUT2D eigenvalue weighted by molar-refractivity contribution is 7.80. The lowest BCUT2D eigenvalue weighted by molar-refractivity contribution is 0.192. The molecule has 0 aromatic heterocycles. The fraction of sp³-hybridized carbons (Fsp3) is 0.533. The van der Waals surface area contributed by atoms with Gasteiger partial charge in [-0.2, -0.15) is 0 Å². The summed E-state index contributed by atoms with van der Waals surface area (Å²) in [5, 5.41) is 0. The van der Waals surface area contributed by atoms with Crippen molar-refractivity contribution in [1.29, 1.82) is 0 Å². The van der Waals surface area contributed by atoms with E-state index in [-0.39, 0.29) is 0 Å². The van der Waals surface area contributed by atoms with E-state index in [2.05, 4.69) is 28.9 Å². The summed E-state index contributed by atoms with van der Waals surface area (Å²) in [6.07, 6.45) is 0. The third-order valence-corrected chi connectivity index (χ3v) is 4.01. The number of nitrogens with zero attached hydrogens (tertiary/aromatic N) is 2. The van der Waals surface area contributed by atoms with Crippen molar-refractivity contribution in [1.82, 2.24) is 9.80 Å². The highest BCUT2D eigenvalue weighted by Crippen LogP contribution is 2.15. The number of thiocarbonyl (C=S) groups is 1. The highest BCUT2D eigenvalue weighted by Gasteiger charge is 2.18. The van der Waals surface area contributed by atoms with Gasteiger partial charge in [0.25, 0.3) is 0 Å². The maximum Gasteiger partial charge on any atom is 0.119 e. The zero-order valence-corrected chi connectivity index (χ0v) is 12.6. The van der Waals surface area contributed by atoms with Crippen LogP contribution in [0.15, 0.2) is 24.3 Å². The van der Waals surface area contributed by atoms with E-state index in [1.54, 1.807) is 0 Å². The smallest absolute Gasteiger partial charge is 0.119 e. The third kappa shape index (κ3) is 3.67. The molecule has 0 unspecified atom stereocenters. The van der Waals surface area contributed by atoms with E-state index in [9.17, 15) is 0 Å². The summed E-state index contributed by atoms with van der Waals surface area (Å²) in [5.74, 6) is 0.907. The first kappa shape index (κ1) is 14.3. The predicted octanol–water partition coefficient (Wildman–Crippen LogP) is 2.40. The lowest BCUT2D eigenvalue weighted by Crippen LogP contribution is -2.48. The molecule has 1 aliphatic heterocycles. The summed E-state index contributed by atoms with van der Waals surface area (Å²) in [4.78, 5) is 5.72. The summed E-state index contributed by atoms with van der Waals surface area (Å²) in [7, 11) is 0. The van der Waals surface area contributed by atoms with Crippen LogP contribution >= 0.6 is 12.2 Å². The summed E-state index contributed by atoms with van der Waals surface area (Å²) >= 11 is 5.59. The first-order valence-corrected chi connectivity index (χ1v) is 7.40. The Morgan fingerprint density at radius 2 is 1.74 bits per heavy atom. The van der Waals surface area contributed by atoms with Gasteiger partial charge in [0, 0.05) is 31.7 Å². The minimum atomic E-state index is 0.697. The van der Waals surface area contributed by atoms with Crippen LogP contribution in [0.1, 0.15) is 19.4 Å². The number of hydrogen-bond donors (Lipinski definition) is 0. The van der Waals surface area contributed by atoms with Gasteiger partial charge >= 0.3 is 0 Å². The largest absolute Gasteiger partial charge is 0.494 e. The van der Waals surface area contributed by atoms with E-state index in [4.69, 9.17) is 17.0 Å². The van der Waals surface area contributed by atoms with Gasteiger partial charge in [-0.05, 0) is 37.7 Å². The van der Waals surface area contributed by atoms with Crippen molar-refractivity contribution in [3.8, 4) is 5.75 Å². The monoisotopic (exact) mass is 278 g/mol. The summed E-state index contributed by atoms with van der Waals surface area (Å²) in [6.45, 7) is 10.3. The van der Waals surface area contributed by atoms with Crippen molar-refractivity contribution in [2.24, 2.45) is 0 Å². The second kappa shape index (κ2) is 6.87. The molecule has 0 aliphatic carbocycles. The van der Waals surface area contributed by atoms with E-state index < -0.39 is 0 Å². The van der Waals surface area contributed by atoms with Gasteiger partial charge in [-0.1, -0.05) is 19.1 Å². The highest BCUT2D eigenvalue weighted by atomic mass is 32.1. The molecule has 0 radical (unpaired) electrons. The number of rotatable bonds is 4. The molecule has 3 nitrogen and oxygen atoms in total. The van der Waals surface area contributed by atoms with Crippen molar-refractivity contribution in [2.75, 3.05) is 39.3 Å². The van der Waals surface area contributed by atoms with Gasteiger partial charge in [0.15, 0.2) is 0 Å². The molecule has 1 heterocycles. The molecule has 0 atom stereocenters. The number of ether oxygens (including phenoxy) is 1. The molecular weight excluding hydrogens is 256 g/mol. The SMILES string of the molecule is CCOc1ccc(C(=S)N2CCN(CC)CC2)cc1. The van der Waals surface area contributed by atoms with Crippen molar-refractivity contribution >= 4 is 17.2 Å². The molecule has 2 rings (SSSR count). The molecule has 0 bridgehead atoms. The van der Waals surface area contributed by atoms with E-state index in [0.717, 1.165) is 49.0 Å². The molecule has 0 spiro atoms. The second-order valence-electron chi connectivity index (χ2n) is 4.68. The molecule has 0 amide bonds. The molecule has 1 aromatic carbocycles. The van der Waals surface area contributed by atoms with E-state index in [1.807, 2.05) is 19.1 Å². The fourth-order valence-corrected chi connectivity index (χ4v) is 2.63. The maximum absolute atomic E-state index is 5.59. The van der Waals surface area contributed by atoms with E-state index in [0.29, 0.717) is 6.61 Å². The van der Waals surface area contributed by atoms with Gasteiger partial charge in [-0.3, -0.25) is 0 Å². The van der Waals surface area contributed by atoms with Crippen LogP contribution in [-0.2, 0) is 0 Å². The Hall–Kier alpha value is -1.13. The Kier molecular flexibility index (Phi) is 5.16. The number of piperazine rings is 1. The van der Waals surface area contributed by atoms with Crippen LogP contribution < -0.4 is 4.74 Å². The summed E-state index contributed by atoms with van der Waals surface area (Å²) < 4.78 is 5.45. The second-order valence-corrected chi connectivity index (χ2v) is 5.07. The van der Waals surface area contributed by atoms with E-state index >= 15 is 0 Å². The molecule has 4 heteroatoms. The normalized spacial score (nSPS) is 16.4. The fourth-order valence-electron chi connectivity index (χ4n) is 2.31. The van der Waals surface area contributed by atoms with Gasteiger partial charge in [-0.15, -0.1) is 0 Å². The maximum atomic E-state index is 5.59. The number of hydrogen-bond acceptors (Lipinski definition) is 3. The standard InChI is InChI=1S/C15H22N2OS/c1-3-16-9-11-17(12-10-16)15(19)13-5-7-14(8-6-13)18-4-2/h5-8H,3-4,9-12H2,1-2H3. The molecule has 1 fully saturated rings. The Labute approximate surface area is 121 Å². The molecule has 0 N–H and O–H groups in total. The quantitative estimate of drug-likeness (QED) is 0.786. The molecule has 1 aliphatic rings. The lowest BCUT2D eigenvalue weighted by atomic mass is 10.2. The first-order chi connectivity index (χ1) is 9.24. The zero-order chi connectivity index (χ0) is 13.7. The van der Waals surface area contributed by atoms with Crippen LogP contribution in [0.3, 0.4) is 0 Å². The van der Waals surface area contributed by atoms with Gasteiger partial charge < -0.3 is 14.5 Å². The van der Waals surface area contributed by atoms with Crippen molar-refractivity contribution in [3.63, 3.8) is 0 Å². The Bertz CT molecular complexity index is 411. The topological polar surface area (TPSA) is 15.7 Å². The molecular formula is C15H22N2OS. The minimum absolute atomic E-state index is 0.697. The van der Waals surface area contributed by atoms with Gasteiger partial charge in [-0.25, -0.2) is 0 Å². The average Bonchev–Trinajstić information content (AvgIpc) is 2.48. The Balaban J connectivity index is 1.96. The van der Waals surface area contributed by atoms with Crippen LogP contribution in [0.5, 0.6) is 5.75 Å². The number of benzene rings is 1. The van der Waals surface area contributed by atoms with Gasteiger partial charge in [0.05, 0.1) is 6.61 Å². The number of likely N-dealkylation sites (N-methyl/N-ethyl adjacent to an activating group) is 1. The van der Waals surface area contributed by atoms with Crippen LogP contribution in [0.25, 0.3) is 0 Å². The molecule has 0 saturated carbocycles. The van der Waals surface area contributed by atoms with Gasteiger partial charge in [0.1, 0.15) is 10.7 Å². The first-order valence-electron chi connectivity index (χ1n) is 6.99.